The molecule has 0 aliphatic heterocycles. The van der Waals surface area contributed by atoms with Crippen molar-refractivity contribution in [3.05, 3.63) is 224 Å². The summed E-state index contributed by atoms with van der Waals surface area (Å²) in [5.41, 5.74) is 11.5. The first-order chi connectivity index (χ1) is 30.0. The van der Waals surface area contributed by atoms with Crippen LogP contribution in [0.1, 0.15) is 0 Å². The molecule has 0 atom stereocenters. The molecule has 12 aromatic rings. The highest BCUT2D eigenvalue weighted by Gasteiger charge is 2.22. The molecule has 0 radical (unpaired) electrons. The van der Waals surface area contributed by atoms with Crippen LogP contribution < -0.4 is 9.80 Å². The summed E-state index contributed by atoms with van der Waals surface area (Å²) in [5.74, 6) is -0.534. The Morgan fingerprint density at radius 1 is 0.295 bits per heavy atom. The molecule has 0 unspecified atom stereocenters. The van der Waals surface area contributed by atoms with Crippen molar-refractivity contribution in [3.63, 3.8) is 0 Å². The van der Waals surface area contributed by atoms with E-state index in [9.17, 15) is 8.78 Å². The Bertz CT molecular complexity index is 3370. The summed E-state index contributed by atoms with van der Waals surface area (Å²) in [4.78, 5) is 4.34. The van der Waals surface area contributed by atoms with Crippen LogP contribution in [0.2, 0.25) is 0 Å². The van der Waals surface area contributed by atoms with Gasteiger partial charge in [0, 0.05) is 55.7 Å². The van der Waals surface area contributed by atoms with Gasteiger partial charge in [-0.2, -0.15) is 0 Å². The predicted molar refractivity (Wildman–Crippen MR) is 251 cm³/mol. The fourth-order valence-electron chi connectivity index (χ4n) is 9.31. The first kappa shape index (κ1) is 35.0. The minimum Gasteiger partial charge on any atom is -0.310 e. The van der Waals surface area contributed by atoms with Gasteiger partial charge in [-0.1, -0.05) is 78.9 Å². The summed E-state index contributed by atoms with van der Waals surface area (Å²) in [5, 5.41) is 9.29. The number of anilines is 6. The quantitative estimate of drug-likeness (QED) is 0.159. The van der Waals surface area contributed by atoms with Gasteiger partial charge in [0.25, 0.3) is 0 Å². The molecule has 0 saturated carbocycles. The number of nitrogens with zero attached hydrogens (tertiary/aromatic N) is 3. The molecule has 2 aromatic heterocycles. The van der Waals surface area contributed by atoms with Gasteiger partial charge in [-0.25, -0.2) is 8.78 Å². The maximum absolute atomic E-state index is 14.2. The third-order valence-corrected chi connectivity index (χ3v) is 12.1. The van der Waals surface area contributed by atoms with Crippen LogP contribution in [0.5, 0.6) is 0 Å². The first-order valence-corrected chi connectivity index (χ1v) is 20.5. The zero-order chi connectivity index (χ0) is 40.6. The second-order valence-corrected chi connectivity index (χ2v) is 15.7. The minimum absolute atomic E-state index is 0.267. The average molecular weight is 788 g/mol. The Morgan fingerprint density at radius 3 is 1.13 bits per heavy atom. The molecule has 0 N–H and O–H groups in total. The fraction of sp³-hybridized carbons (Fsp3) is 0. The first-order valence-electron chi connectivity index (χ1n) is 20.5. The molecule has 0 spiro atoms. The predicted octanol–water partition coefficient (Wildman–Crippen LogP) is 16.0. The molecule has 0 saturated heterocycles. The van der Waals surface area contributed by atoms with E-state index in [0.29, 0.717) is 0 Å². The molecule has 0 aliphatic rings. The summed E-state index contributed by atoms with van der Waals surface area (Å²) in [6, 6.07) is 71.6. The van der Waals surface area contributed by atoms with E-state index in [0.717, 1.165) is 66.7 Å². The standard InChI is InChI=1S/C56H35F2N3/c57-42-18-24-46(25-19-42)59(44-12-6-2-7-13-44)48-22-16-37-30-50-52-32-41(36-10-4-1-5-11-36)33-53-51-31-38-17-23-49(60(45-14-8-3-9-15-45)47-26-20-43(58)21-27-47)29-40(38)35-55(51)61(56(52)53)54(50)34-39(37)28-48/h1-35H. The van der Waals surface area contributed by atoms with Crippen LogP contribution in [0, 0.1) is 11.6 Å². The van der Waals surface area contributed by atoms with Crippen LogP contribution in [-0.4, -0.2) is 4.40 Å². The van der Waals surface area contributed by atoms with E-state index < -0.39 is 0 Å². The van der Waals surface area contributed by atoms with Crippen molar-refractivity contribution >= 4 is 93.8 Å². The molecule has 0 bridgehead atoms. The van der Waals surface area contributed by atoms with Crippen molar-refractivity contribution in [2.75, 3.05) is 9.80 Å². The van der Waals surface area contributed by atoms with Crippen LogP contribution in [0.3, 0.4) is 0 Å². The Kier molecular flexibility index (Phi) is 7.91. The van der Waals surface area contributed by atoms with E-state index in [-0.39, 0.29) is 11.6 Å². The summed E-state index contributed by atoms with van der Waals surface area (Å²) >= 11 is 0. The van der Waals surface area contributed by atoms with E-state index in [1.165, 1.54) is 62.5 Å². The Balaban J connectivity index is 1.11. The Hall–Kier alpha value is -8.02. The van der Waals surface area contributed by atoms with Gasteiger partial charge >= 0.3 is 0 Å². The van der Waals surface area contributed by atoms with E-state index in [1.807, 2.05) is 60.7 Å². The van der Waals surface area contributed by atoms with Gasteiger partial charge in [0.2, 0.25) is 0 Å². The number of rotatable bonds is 7. The van der Waals surface area contributed by atoms with Gasteiger partial charge in [0.15, 0.2) is 0 Å². The van der Waals surface area contributed by atoms with Crippen LogP contribution in [0.15, 0.2) is 212 Å². The highest BCUT2D eigenvalue weighted by Crippen LogP contribution is 2.45. The summed E-state index contributed by atoms with van der Waals surface area (Å²) in [6.07, 6.45) is 0. The Labute approximate surface area is 350 Å². The second kappa shape index (κ2) is 13.8. The van der Waals surface area contributed by atoms with Gasteiger partial charge in [-0.05, 0) is 166 Å². The molecule has 0 aliphatic carbocycles. The maximum Gasteiger partial charge on any atom is 0.123 e. The van der Waals surface area contributed by atoms with E-state index in [2.05, 4.69) is 142 Å². The summed E-state index contributed by atoms with van der Waals surface area (Å²) < 4.78 is 30.8. The minimum atomic E-state index is -0.267. The Morgan fingerprint density at radius 2 is 0.689 bits per heavy atom. The third kappa shape index (κ3) is 5.77. The molecule has 5 heteroatoms. The van der Waals surface area contributed by atoms with Crippen LogP contribution >= 0.6 is 0 Å². The van der Waals surface area contributed by atoms with Crippen molar-refractivity contribution in [3.8, 4) is 11.1 Å². The fourth-order valence-corrected chi connectivity index (χ4v) is 9.31. The lowest BCUT2D eigenvalue weighted by Crippen LogP contribution is -2.09. The molecule has 2 heterocycles. The number of hydrogen-bond acceptors (Lipinski definition) is 2. The third-order valence-electron chi connectivity index (χ3n) is 12.1. The lowest BCUT2D eigenvalue weighted by Gasteiger charge is -2.25. The van der Waals surface area contributed by atoms with Crippen molar-refractivity contribution in [2.24, 2.45) is 0 Å². The normalized spacial score (nSPS) is 11.8. The number of aromatic nitrogens is 1. The zero-order valence-corrected chi connectivity index (χ0v) is 32.8. The van der Waals surface area contributed by atoms with E-state index in [1.54, 1.807) is 0 Å². The molecular weight excluding hydrogens is 753 g/mol. The summed E-state index contributed by atoms with van der Waals surface area (Å²) in [7, 11) is 0. The molecule has 10 aromatic carbocycles. The zero-order valence-electron chi connectivity index (χ0n) is 32.8. The molecule has 0 amide bonds. The van der Waals surface area contributed by atoms with Crippen molar-refractivity contribution in [1.82, 2.24) is 4.40 Å². The molecule has 61 heavy (non-hydrogen) atoms. The van der Waals surface area contributed by atoms with E-state index in [4.69, 9.17) is 0 Å². The molecular formula is C56H35F2N3. The molecule has 12 rings (SSSR count). The molecule has 0 fully saturated rings. The van der Waals surface area contributed by atoms with Crippen molar-refractivity contribution in [1.29, 1.82) is 0 Å². The second-order valence-electron chi connectivity index (χ2n) is 15.7. The van der Waals surface area contributed by atoms with Crippen molar-refractivity contribution in [2.45, 2.75) is 0 Å². The molecule has 288 valence electrons. The van der Waals surface area contributed by atoms with Gasteiger partial charge in [-0.3, -0.25) is 0 Å². The van der Waals surface area contributed by atoms with Crippen molar-refractivity contribution < 1.29 is 8.78 Å². The lowest BCUT2D eigenvalue weighted by atomic mass is 9.97. The summed E-state index contributed by atoms with van der Waals surface area (Å²) in [6.45, 7) is 0. The average Bonchev–Trinajstić information content (AvgIpc) is 3.80. The largest absolute Gasteiger partial charge is 0.310 e. The number of fused-ring (bicyclic) bond motifs is 8. The number of hydrogen-bond donors (Lipinski definition) is 0. The monoisotopic (exact) mass is 787 g/mol. The van der Waals surface area contributed by atoms with Crippen LogP contribution in [0.4, 0.5) is 42.9 Å². The SMILES string of the molecule is Fc1ccc(N(c2ccccc2)c2ccc3cc4c5cc(-c6ccccc6)cc6c7cc8ccc(N(c9ccccc9)c9ccc(F)cc9)cc8cc7n(c4cc3c2)c56)cc1. The van der Waals surface area contributed by atoms with Gasteiger partial charge in [0.05, 0.1) is 16.6 Å². The van der Waals surface area contributed by atoms with Crippen LogP contribution in [0.25, 0.3) is 70.8 Å². The smallest absolute Gasteiger partial charge is 0.123 e. The topological polar surface area (TPSA) is 10.9 Å². The molecule has 3 nitrogen and oxygen atoms in total. The number of halogens is 2. The number of para-hydroxylation sites is 2. The lowest BCUT2D eigenvalue weighted by molar-refractivity contribution is 0.627. The van der Waals surface area contributed by atoms with Gasteiger partial charge in [0.1, 0.15) is 11.6 Å². The highest BCUT2D eigenvalue weighted by atomic mass is 19.1. The van der Waals surface area contributed by atoms with Gasteiger partial charge < -0.3 is 14.2 Å². The number of benzene rings is 10. The van der Waals surface area contributed by atoms with Gasteiger partial charge in [-0.15, -0.1) is 0 Å². The highest BCUT2D eigenvalue weighted by molar-refractivity contribution is 6.27. The van der Waals surface area contributed by atoms with E-state index >= 15 is 0 Å². The maximum atomic E-state index is 14.2. The van der Waals surface area contributed by atoms with Crippen LogP contribution in [-0.2, 0) is 0 Å².